The monoisotopic (exact) mass is 406 g/mol. The Morgan fingerprint density at radius 3 is 1.07 bits per heavy atom. The molecule has 0 heteroatoms. The summed E-state index contributed by atoms with van der Waals surface area (Å²) in [7, 11) is 0. The standard InChI is InChI=1S/C29H58/c1-6-8-9-10-11-12-13-14-15-16-17-18-19-20-21-22-23-24-25-26-27-29(4,5)28(3)7-2/h7H,6,8-27H2,1-5H3. The highest BCUT2D eigenvalue weighted by Crippen LogP contribution is 2.32. The number of rotatable bonds is 22. The average Bonchev–Trinajstić information content (AvgIpc) is 2.71. The Bertz CT molecular complexity index is 349. The van der Waals surface area contributed by atoms with E-state index in [-0.39, 0.29) is 0 Å². The van der Waals surface area contributed by atoms with Crippen molar-refractivity contribution in [2.45, 2.75) is 169 Å². The van der Waals surface area contributed by atoms with Crippen LogP contribution in [0.3, 0.4) is 0 Å². The molecule has 0 aliphatic carbocycles. The lowest BCUT2D eigenvalue weighted by Crippen LogP contribution is -2.12. The molecule has 29 heavy (non-hydrogen) atoms. The van der Waals surface area contributed by atoms with Gasteiger partial charge < -0.3 is 0 Å². The topological polar surface area (TPSA) is 0 Å². The van der Waals surface area contributed by atoms with Crippen molar-refractivity contribution < 1.29 is 0 Å². The van der Waals surface area contributed by atoms with Gasteiger partial charge in [-0.3, -0.25) is 0 Å². The molecular formula is C29H58. The highest BCUT2D eigenvalue weighted by atomic mass is 14.2. The third kappa shape index (κ3) is 19.4. The van der Waals surface area contributed by atoms with Crippen molar-refractivity contribution in [2.75, 3.05) is 0 Å². The quantitative estimate of drug-likeness (QED) is 0.124. The lowest BCUT2D eigenvalue weighted by atomic mass is 9.80. The fourth-order valence-electron chi connectivity index (χ4n) is 4.41. The van der Waals surface area contributed by atoms with Gasteiger partial charge in [0.15, 0.2) is 0 Å². The predicted molar refractivity (Wildman–Crippen MR) is 136 cm³/mol. The van der Waals surface area contributed by atoms with E-state index in [1.807, 2.05) is 0 Å². The second-order valence-electron chi connectivity index (χ2n) is 10.3. The molecule has 0 rings (SSSR count). The van der Waals surface area contributed by atoms with Gasteiger partial charge in [-0.05, 0) is 25.7 Å². The van der Waals surface area contributed by atoms with Gasteiger partial charge in [0.25, 0.3) is 0 Å². The maximum absolute atomic E-state index is 2.40. The Labute approximate surface area is 186 Å². The van der Waals surface area contributed by atoms with E-state index >= 15 is 0 Å². The summed E-state index contributed by atoms with van der Waals surface area (Å²) in [5.41, 5.74) is 1.96. The fraction of sp³-hybridized carbons (Fsp3) is 0.931. The molecular weight excluding hydrogens is 348 g/mol. The smallest absolute Gasteiger partial charge is 0.0148 e. The number of allylic oxidation sites excluding steroid dienone is 2. The molecule has 0 N–H and O–H groups in total. The first-order valence-electron chi connectivity index (χ1n) is 13.7. The van der Waals surface area contributed by atoms with Crippen LogP contribution in [0.15, 0.2) is 11.6 Å². The third-order valence-electron chi connectivity index (χ3n) is 7.16. The SMILES string of the molecule is CC=C(C)C(C)(C)CCCCCCCCCCCCCCCCCCCCCC. The number of hydrogen-bond acceptors (Lipinski definition) is 0. The molecule has 0 aromatic rings. The Balaban J connectivity index is 3.17. The molecule has 0 radical (unpaired) electrons. The number of unbranched alkanes of at least 4 members (excludes halogenated alkanes) is 19. The Morgan fingerprint density at radius 1 is 0.517 bits per heavy atom. The summed E-state index contributed by atoms with van der Waals surface area (Å²) in [4.78, 5) is 0. The van der Waals surface area contributed by atoms with Crippen molar-refractivity contribution in [2.24, 2.45) is 5.41 Å². The summed E-state index contributed by atoms with van der Waals surface area (Å²) in [5.74, 6) is 0. The maximum atomic E-state index is 2.40. The van der Waals surface area contributed by atoms with Crippen molar-refractivity contribution in [1.29, 1.82) is 0 Å². The molecule has 0 fully saturated rings. The van der Waals surface area contributed by atoms with E-state index in [9.17, 15) is 0 Å². The second-order valence-corrected chi connectivity index (χ2v) is 10.3. The molecule has 0 aromatic carbocycles. The van der Waals surface area contributed by atoms with Crippen LogP contribution in [-0.2, 0) is 0 Å². The van der Waals surface area contributed by atoms with Gasteiger partial charge >= 0.3 is 0 Å². The van der Waals surface area contributed by atoms with Gasteiger partial charge in [-0.1, -0.05) is 161 Å². The van der Waals surface area contributed by atoms with Gasteiger partial charge in [0, 0.05) is 0 Å². The van der Waals surface area contributed by atoms with Gasteiger partial charge in [0.2, 0.25) is 0 Å². The first kappa shape index (κ1) is 28.7. The zero-order valence-corrected chi connectivity index (χ0v) is 21.4. The van der Waals surface area contributed by atoms with Crippen LogP contribution in [0.5, 0.6) is 0 Å². The molecule has 0 aromatic heterocycles. The lowest BCUT2D eigenvalue weighted by Gasteiger charge is -2.25. The molecule has 0 spiro atoms. The van der Waals surface area contributed by atoms with Gasteiger partial charge in [-0.25, -0.2) is 0 Å². The van der Waals surface area contributed by atoms with Crippen molar-refractivity contribution in [3.8, 4) is 0 Å². The molecule has 0 bridgehead atoms. The Hall–Kier alpha value is -0.260. The fourth-order valence-corrected chi connectivity index (χ4v) is 4.41. The molecule has 0 saturated carbocycles. The van der Waals surface area contributed by atoms with Crippen LogP contribution >= 0.6 is 0 Å². The van der Waals surface area contributed by atoms with Crippen molar-refractivity contribution >= 4 is 0 Å². The average molecular weight is 407 g/mol. The van der Waals surface area contributed by atoms with E-state index in [0.29, 0.717) is 5.41 Å². The van der Waals surface area contributed by atoms with Crippen LogP contribution in [0.2, 0.25) is 0 Å². The minimum absolute atomic E-state index is 0.406. The highest BCUT2D eigenvalue weighted by Gasteiger charge is 2.18. The van der Waals surface area contributed by atoms with Gasteiger partial charge in [-0.15, -0.1) is 0 Å². The first-order valence-corrected chi connectivity index (χ1v) is 13.7. The van der Waals surface area contributed by atoms with E-state index < -0.39 is 0 Å². The summed E-state index contributed by atoms with van der Waals surface area (Å²) in [5, 5.41) is 0. The van der Waals surface area contributed by atoms with Gasteiger partial charge in [0.1, 0.15) is 0 Å². The summed E-state index contributed by atoms with van der Waals surface area (Å²) in [6, 6.07) is 0. The van der Waals surface area contributed by atoms with Crippen LogP contribution in [0.4, 0.5) is 0 Å². The number of hydrogen-bond donors (Lipinski definition) is 0. The molecule has 0 amide bonds. The predicted octanol–water partition coefficient (Wildman–Crippen LogP) is 11.2. The van der Waals surface area contributed by atoms with Crippen LogP contribution in [0, 0.1) is 5.41 Å². The van der Waals surface area contributed by atoms with E-state index in [1.54, 1.807) is 5.57 Å². The van der Waals surface area contributed by atoms with Crippen molar-refractivity contribution in [3.63, 3.8) is 0 Å². The first-order chi connectivity index (χ1) is 14.0. The summed E-state index contributed by atoms with van der Waals surface area (Å²) < 4.78 is 0. The Kier molecular flexibility index (Phi) is 20.8. The van der Waals surface area contributed by atoms with E-state index in [0.717, 1.165) is 0 Å². The summed E-state index contributed by atoms with van der Waals surface area (Å²) in [6.07, 6.45) is 32.9. The minimum atomic E-state index is 0.406. The maximum Gasteiger partial charge on any atom is -0.0148 e. The highest BCUT2D eigenvalue weighted by molar-refractivity contribution is 5.07. The van der Waals surface area contributed by atoms with Crippen LogP contribution < -0.4 is 0 Å². The third-order valence-corrected chi connectivity index (χ3v) is 7.16. The van der Waals surface area contributed by atoms with Crippen LogP contribution in [-0.4, -0.2) is 0 Å². The van der Waals surface area contributed by atoms with E-state index in [1.165, 1.54) is 135 Å². The largest absolute Gasteiger partial charge is 0.0882 e. The Morgan fingerprint density at radius 2 is 0.793 bits per heavy atom. The molecule has 0 aliphatic heterocycles. The molecule has 0 nitrogen and oxygen atoms in total. The van der Waals surface area contributed by atoms with Crippen LogP contribution in [0.25, 0.3) is 0 Å². The normalized spacial score (nSPS) is 12.7. The molecule has 0 saturated heterocycles. The van der Waals surface area contributed by atoms with Crippen molar-refractivity contribution in [1.82, 2.24) is 0 Å². The lowest BCUT2D eigenvalue weighted by molar-refractivity contribution is 0.382. The zero-order chi connectivity index (χ0) is 21.6. The molecule has 0 atom stereocenters. The minimum Gasteiger partial charge on any atom is -0.0882 e. The molecule has 0 aliphatic rings. The van der Waals surface area contributed by atoms with E-state index in [2.05, 4.69) is 40.7 Å². The van der Waals surface area contributed by atoms with E-state index in [4.69, 9.17) is 0 Å². The van der Waals surface area contributed by atoms with Crippen LogP contribution in [0.1, 0.15) is 169 Å². The molecule has 0 unspecified atom stereocenters. The molecule has 174 valence electrons. The summed E-state index contributed by atoms with van der Waals surface area (Å²) >= 11 is 0. The second kappa shape index (κ2) is 21.0. The summed E-state index contributed by atoms with van der Waals surface area (Å²) in [6.45, 7) is 11.6. The zero-order valence-electron chi connectivity index (χ0n) is 21.4. The van der Waals surface area contributed by atoms with Crippen molar-refractivity contribution in [3.05, 3.63) is 11.6 Å². The van der Waals surface area contributed by atoms with Gasteiger partial charge in [0.05, 0.1) is 0 Å². The van der Waals surface area contributed by atoms with Gasteiger partial charge in [-0.2, -0.15) is 0 Å². The molecule has 0 heterocycles.